The fourth-order valence-corrected chi connectivity index (χ4v) is 5.82. The summed E-state index contributed by atoms with van der Waals surface area (Å²) >= 11 is 12.8. The molecule has 4 nitrogen and oxygen atoms in total. The summed E-state index contributed by atoms with van der Waals surface area (Å²) in [7, 11) is 0. The maximum absolute atomic E-state index is 11.8. The maximum Gasteiger partial charge on any atom is 0.124 e. The van der Waals surface area contributed by atoms with Crippen LogP contribution in [-0.2, 0) is 5.41 Å². The van der Waals surface area contributed by atoms with E-state index in [1.807, 2.05) is 60.7 Å². The lowest BCUT2D eigenvalue weighted by molar-refractivity contribution is 0.358. The smallest absolute Gasteiger partial charge is 0.124 e. The molecule has 0 saturated carbocycles. The molecular weight excluding hydrogens is 491 g/mol. The first-order valence-corrected chi connectivity index (χ1v) is 12.2. The van der Waals surface area contributed by atoms with E-state index in [4.69, 9.17) is 23.2 Å². The maximum atomic E-state index is 11.8. The summed E-state index contributed by atoms with van der Waals surface area (Å²) in [5.41, 5.74) is 4.02. The van der Waals surface area contributed by atoms with Gasteiger partial charge in [-0.05, 0) is 87.6 Å². The largest absolute Gasteiger partial charge is 0.512 e. The van der Waals surface area contributed by atoms with Crippen LogP contribution < -0.4 is 0 Å². The fraction of sp³-hybridized carbons (Fsp3) is 0.0667. The molecule has 1 aliphatic rings. The third-order valence-electron chi connectivity index (χ3n) is 6.99. The van der Waals surface area contributed by atoms with E-state index in [0.717, 1.165) is 33.0 Å². The molecule has 2 aromatic heterocycles. The number of aromatic nitrogens is 2. The Labute approximate surface area is 218 Å². The lowest BCUT2D eigenvalue weighted by atomic mass is 9.62. The number of hydrogen-bond donors (Lipinski definition) is 2. The van der Waals surface area contributed by atoms with Crippen LogP contribution in [0.5, 0.6) is 5.75 Å². The van der Waals surface area contributed by atoms with Gasteiger partial charge in [-0.15, -0.1) is 0 Å². The molecule has 0 radical (unpaired) electrons. The molecule has 0 fully saturated rings. The molecule has 6 heteroatoms. The summed E-state index contributed by atoms with van der Waals surface area (Å²) in [5, 5.41) is 25.7. The van der Waals surface area contributed by atoms with Gasteiger partial charge in [0.05, 0.1) is 5.41 Å². The number of phenols is 1. The molecule has 2 N–H and O–H groups in total. The second-order valence-corrected chi connectivity index (χ2v) is 9.76. The Morgan fingerprint density at radius 3 is 1.97 bits per heavy atom. The number of fused-ring (bicyclic) bond motifs is 2. The summed E-state index contributed by atoms with van der Waals surface area (Å²) in [6, 6.07) is 22.5. The Kier molecular flexibility index (Phi) is 5.44. The average Bonchev–Trinajstić information content (AvgIpc) is 2.90. The molecule has 0 bridgehead atoms. The SMILES string of the molecule is OC1=C(c2c(O)ccc3cc(Cl)ccc23)c2ccc(Cl)cc2C(c2ccncc2)(c2ccncc2)C1. The molecule has 5 aromatic rings. The van der Waals surface area contributed by atoms with Crippen molar-refractivity contribution in [2.24, 2.45) is 0 Å². The van der Waals surface area contributed by atoms with Crippen molar-refractivity contribution in [2.75, 3.05) is 0 Å². The molecule has 1 aliphatic carbocycles. The van der Waals surface area contributed by atoms with Crippen LogP contribution >= 0.6 is 23.2 Å². The van der Waals surface area contributed by atoms with E-state index in [1.54, 1.807) is 36.9 Å². The van der Waals surface area contributed by atoms with E-state index >= 15 is 0 Å². The average molecular weight is 511 g/mol. The van der Waals surface area contributed by atoms with Gasteiger partial charge in [-0.3, -0.25) is 9.97 Å². The van der Waals surface area contributed by atoms with E-state index < -0.39 is 5.41 Å². The van der Waals surface area contributed by atoms with Crippen LogP contribution in [0.25, 0.3) is 16.3 Å². The van der Waals surface area contributed by atoms with Crippen LogP contribution in [-0.4, -0.2) is 20.2 Å². The van der Waals surface area contributed by atoms with Crippen molar-refractivity contribution in [3.05, 3.63) is 141 Å². The number of benzene rings is 3. The van der Waals surface area contributed by atoms with Crippen molar-refractivity contribution in [1.82, 2.24) is 9.97 Å². The Bertz CT molecular complexity index is 1610. The Balaban J connectivity index is 1.72. The molecule has 176 valence electrons. The molecule has 0 saturated heterocycles. The summed E-state index contributed by atoms with van der Waals surface area (Å²) < 4.78 is 0. The summed E-state index contributed by atoms with van der Waals surface area (Å²) in [4.78, 5) is 8.43. The number of pyridine rings is 2. The number of rotatable bonds is 3. The van der Waals surface area contributed by atoms with Gasteiger partial charge in [0.25, 0.3) is 0 Å². The van der Waals surface area contributed by atoms with Crippen molar-refractivity contribution in [1.29, 1.82) is 0 Å². The van der Waals surface area contributed by atoms with Gasteiger partial charge in [0, 0.05) is 52.4 Å². The number of allylic oxidation sites excluding steroid dienone is 1. The zero-order chi connectivity index (χ0) is 24.9. The highest BCUT2D eigenvalue weighted by molar-refractivity contribution is 6.31. The van der Waals surface area contributed by atoms with Gasteiger partial charge in [-0.2, -0.15) is 0 Å². The Morgan fingerprint density at radius 2 is 1.31 bits per heavy atom. The molecule has 6 rings (SSSR count). The number of aliphatic hydroxyl groups is 1. The molecule has 2 heterocycles. The highest BCUT2D eigenvalue weighted by Gasteiger charge is 2.44. The van der Waals surface area contributed by atoms with E-state index in [9.17, 15) is 10.2 Å². The molecule has 0 spiro atoms. The second kappa shape index (κ2) is 8.66. The number of phenolic OH excluding ortho intramolecular Hbond substituents is 1. The molecule has 0 unspecified atom stereocenters. The quantitative estimate of drug-likeness (QED) is 0.261. The van der Waals surface area contributed by atoms with Gasteiger partial charge < -0.3 is 10.2 Å². The minimum Gasteiger partial charge on any atom is -0.512 e. The monoisotopic (exact) mass is 510 g/mol. The van der Waals surface area contributed by atoms with Gasteiger partial charge >= 0.3 is 0 Å². The topological polar surface area (TPSA) is 66.2 Å². The van der Waals surface area contributed by atoms with Crippen molar-refractivity contribution < 1.29 is 10.2 Å². The molecule has 36 heavy (non-hydrogen) atoms. The van der Waals surface area contributed by atoms with Crippen molar-refractivity contribution in [2.45, 2.75) is 11.8 Å². The lowest BCUT2D eigenvalue weighted by Crippen LogP contribution is -2.34. The molecule has 0 amide bonds. The Morgan fingerprint density at radius 1 is 0.694 bits per heavy atom. The van der Waals surface area contributed by atoms with Crippen LogP contribution in [0, 0.1) is 0 Å². The number of aromatic hydroxyl groups is 1. The van der Waals surface area contributed by atoms with E-state index in [1.165, 1.54) is 0 Å². The van der Waals surface area contributed by atoms with Crippen molar-refractivity contribution in [3.8, 4) is 5.75 Å². The van der Waals surface area contributed by atoms with Gasteiger partial charge in [0.15, 0.2) is 0 Å². The summed E-state index contributed by atoms with van der Waals surface area (Å²) in [6.07, 6.45) is 7.25. The van der Waals surface area contributed by atoms with E-state index in [-0.39, 0.29) is 17.9 Å². The number of halogens is 2. The molecular formula is C30H20Cl2N2O2. The predicted molar refractivity (Wildman–Crippen MR) is 144 cm³/mol. The standard InChI is InChI=1S/C30H20Cl2N2O2/c31-21-2-4-23-18(15-21)1-6-26(35)28(23)29-24-5-3-22(32)16-25(24)30(17-27(29)36,19-7-11-33-12-8-19)20-9-13-34-14-10-20/h1-16,35-36H,17H2. The number of aliphatic hydroxyl groups excluding tert-OH is 1. The van der Waals surface area contributed by atoms with Gasteiger partial charge in [0.1, 0.15) is 11.5 Å². The third-order valence-corrected chi connectivity index (χ3v) is 7.46. The van der Waals surface area contributed by atoms with Crippen LogP contribution in [0.1, 0.15) is 34.2 Å². The van der Waals surface area contributed by atoms with Crippen LogP contribution in [0.3, 0.4) is 0 Å². The van der Waals surface area contributed by atoms with Crippen molar-refractivity contribution in [3.63, 3.8) is 0 Å². The zero-order valence-electron chi connectivity index (χ0n) is 19.0. The first-order chi connectivity index (χ1) is 17.5. The summed E-state index contributed by atoms with van der Waals surface area (Å²) in [6.45, 7) is 0. The Hall–Kier alpha value is -3.86. The zero-order valence-corrected chi connectivity index (χ0v) is 20.5. The minimum atomic E-state index is -0.747. The predicted octanol–water partition coefficient (Wildman–Crippen LogP) is 7.70. The molecule has 0 atom stereocenters. The molecule has 3 aromatic carbocycles. The van der Waals surface area contributed by atoms with Crippen LogP contribution in [0.2, 0.25) is 10.0 Å². The van der Waals surface area contributed by atoms with E-state index in [0.29, 0.717) is 21.2 Å². The lowest BCUT2D eigenvalue weighted by Gasteiger charge is -2.41. The van der Waals surface area contributed by atoms with Crippen LogP contribution in [0.15, 0.2) is 103 Å². The van der Waals surface area contributed by atoms with E-state index in [2.05, 4.69) is 9.97 Å². The summed E-state index contributed by atoms with van der Waals surface area (Å²) in [5.74, 6) is 0.240. The molecule has 0 aliphatic heterocycles. The first-order valence-electron chi connectivity index (χ1n) is 11.4. The highest BCUT2D eigenvalue weighted by atomic mass is 35.5. The van der Waals surface area contributed by atoms with Gasteiger partial charge in [-0.25, -0.2) is 0 Å². The second-order valence-electron chi connectivity index (χ2n) is 8.89. The minimum absolute atomic E-state index is 0.0765. The van der Waals surface area contributed by atoms with Crippen molar-refractivity contribution >= 4 is 39.5 Å². The fourth-order valence-electron chi connectivity index (χ4n) is 5.46. The van der Waals surface area contributed by atoms with Crippen LogP contribution in [0.4, 0.5) is 0 Å². The first kappa shape index (κ1) is 22.6. The third kappa shape index (κ3) is 3.45. The number of nitrogens with zero attached hydrogens (tertiary/aromatic N) is 2. The highest BCUT2D eigenvalue weighted by Crippen LogP contribution is 2.53. The number of hydrogen-bond acceptors (Lipinski definition) is 4. The van der Waals surface area contributed by atoms with Gasteiger partial charge in [0.2, 0.25) is 0 Å². The normalized spacial score (nSPS) is 14.6. The van der Waals surface area contributed by atoms with Gasteiger partial charge in [-0.1, -0.05) is 41.4 Å².